The van der Waals surface area contributed by atoms with E-state index in [2.05, 4.69) is 43.8 Å². The van der Waals surface area contributed by atoms with Gasteiger partial charge in [-0.25, -0.2) is 14.4 Å². The summed E-state index contributed by atoms with van der Waals surface area (Å²) >= 11 is 7.67. The Bertz CT molecular complexity index is 1230. The molecule has 2 aromatic carbocycles. The molecular formula is C23H20ClFN4OS. The van der Waals surface area contributed by atoms with Crippen LogP contribution in [0.5, 0.6) is 0 Å². The maximum Gasteiger partial charge on any atom is 0.141 e. The minimum absolute atomic E-state index is 0.0657. The average molecular weight is 455 g/mol. The lowest BCUT2D eigenvalue weighted by molar-refractivity contribution is 0.0346. The molecule has 1 N–H and O–H groups in total. The fourth-order valence-corrected chi connectivity index (χ4v) is 4.76. The highest BCUT2D eigenvalue weighted by molar-refractivity contribution is 7.10. The number of thiophene rings is 1. The van der Waals surface area contributed by atoms with Gasteiger partial charge in [-0.05, 0) is 52.9 Å². The summed E-state index contributed by atoms with van der Waals surface area (Å²) in [5.74, 6) is 0.200. The molecule has 8 heteroatoms. The minimum Gasteiger partial charge on any atom is -0.379 e. The summed E-state index contributed by atoms with van der Waals surface area (Å²) in [5, 5.41) is 6.35. The maximum atomic E-state index is 13.4. The number of hydrogen-bond acceptors (Lipinski definition) is 6. The van der Waals surface area contributed by atoms with Crippen LogP contribution in [0.4, 0.5) is 15.9 Å². The molecule has 1 fully saturated rings. The van der Waals surface area contributed by atoms with Crippen LogP contribution in [0, 0.1) is 5.82 Å². The highest BCUT2D eigenvalue weighted by Gasteiger charge is 2.13. The van der Waals surface area contributed by atoms with Gasteiger partial charge in [-0.3, -0.25) is 4.90 Å². The molecular weight excluding hydrogens is 435 g/mol. The molecule has 0 bridgehead atoms. The van der Waals surface area contributed by atoms with E-state index in [1.165, 1.54) is 22.8 Å². The third kappa shape index (κ3) is 4.55. The van der Waals surface area contributed by atoms with Crippen molar-refractivity contribution in [2.75, 3.05) is 31.6 Å². The van der Waals surface area contributed by atoms with Crippen molar-refractivity contribution in [2.24, 2.45) is 0 Å². The van der Waals surface area contributed by atoms with Crippen LogP contribution in [-0.4, -0.2) is 41.2 Å². The summed E-state index contributed by atoms with van der Waals surface area (Å²) in [4.78, 5) is 12.6. The molecule has 0 radical (unpaired) electrons. The smallest absolute Gasteiger partial charge is 0.141 e. The third-order valence-corrected chi connectivity index (χ3v) is 6.50. The second kappa shape index (κ2) is 8.88. The number of ether oxygens (including phenoxy) is 1. The van der Waals surface area contributed by atoms with E-state index >= 15 is 0 Å². The highest BCUT2D eigenvalue weighted by Crippen LogP contribution is 2.31. The van der Waals surface area contributed by atoms with Crippen molar-refractivity contribution < 1.29 is 9.13 Å². The number of nitrogens with zero attached hydrogens (tertiary/aromatic N) is 3. The zero-order valence-electron chi connectivity index (χ0n) is 16.6. The maximum absolute atomic E-state index is 13.4. The number of aromatic nitrogens is 2. The zero-order chi connectivity index (χ0) is 21.2. The van der Waals surface area contributed by atoms with Gasteiger partial charge in [-0.1, -0.05) is 17.7 Å². The molecule has 0 atom stereocenters. The second-order valence-corrected chi connectivity index (χ2v) is 8.80. The number of halogens is 2. The van der Waals surface area contributed by atoms with E-state index in [4.69, 9.17) is 16.3 Å². The SMILES string of the molecule is Fc1ccc(Nc2ncnc3cc(-c4csc(CN5CCOCC5)c4)ccc23)cc1Cl. The van der Waals surface area contributed by atoms with Gasteiger partial charge in [0.25, 0.3) is 0 Å². The van der Waals surface area contributed by atoms with Crippen molar-refractivity contribution in [2.45, 2.75) is 6.54 Å². The van der Waals surface area contributed by atoms with Crippen LogP contribution in [0.2, 0.25) is 5.02 Å². The van der Waals surface area contributed by atoms with Crippen molar-refractivity contribution >= 4 is 45.3 Å². The van der Waals surface area contributed by atoms with E-state index < -0.39 is 5.82 Å². The van der Waals surface area contributed by atoms with E-state index in [0.717, 1.165) is 49.3 Å². The van der Waals surface area contributed by atoms with Crippen LogP contribution >= 0.6 is 22.9 Å². The van der Waals surface area contributed by atoms with Gasteiger partial charge in [-0.2, -0.15) is 0 Å². The molecule has 2 aromatic heterocycles. The second-order valence-electron chi connectivity index (χ2n) is 7.40. The summed E-state index contributed by atoms with van der Waals surface area (Å²) in [6.07, 6.45) is 1.52. The molecule has 3 heterocycles. The number of rotatable bonds is 5. The molecule has 31 heavy (non-hydrogen) atoms. The van der Waals surface area contributed by atoms with E-state index in [1.54, 1.807) is 23.5 Å². The molecule has 0 saturated carbocycles. The predicted octanol–water partition coefficient (Wildman–Crippen LogP) is 5.73. The summed E-state index contributed by atoms with van der Waals surface area (Å²) in [7, 11) is 0. The number of nitrogens with one attached hydrogen (secondary N) is 1. The van der Waals surface area contributed by atoms with Gasteiger partial charge in [0, 0.05) is 35.6 Å². The molecule has 0 unspecified atom stereocenters. The van der Waals surface area contributed by atoms with Gasteiger partial charge in [0.1, 0.15) is 18.0 Å². The summed E-state index contributed by atoms with van der Waals surface area (Å²) in [6.45, 7) is 4.54. The predicted molar refractivity (Wildman–Crippen MR) is 124 cm³/mol. The van der Waals surface area contributed by atoms with Crippen molar-refractivity contribution in [1.82, 2.24) is 14.9 Å². The molecule has 4 aromatic rings. The lowest BCUT2D eigenvalue weighted by Gasteiger charge is -2.25. The fraction of sp³-hybridized carbons (Fsp3) is 0.217. The Hall–Kier alpha value is -2.58. The number of fused-ring (bicyclic) bond motifs is 1. The van der Waals surface area contributed by atoms with Crippen molar-refractivity contribution in [3.8, 4) is 11.1 Å². The quantitative estimate of drug-likeness (QED) is 0.417. The van der Waals surface area contributed by atoms with E-state index in [1.807, 2.05) is 6.07 Å². The van der Waals surface area contributed by atoms with Crippen molar-refractivity contribution in [1.29, 1.82) is 0 Å². The first kappa shape index (κ1) is 20.3. The van der Waals surface area contributed by atoms with Crippen LogP contribution in [0.15, 0.2) is 54.2 Å². The molecule has 5 nitrogen and oxygen atoms in total. The van der Waals surface area contributed by atoms with Gasteiger partial charge in [-0.15, -0.1) is 11.3 Å². The molecule has 0 amide bonds. The normalized spacial score (nSPS) is 14.8. The van der Waals surface area contributed by atoms with Crippen LogP contribution in [-0.2, 0) is 11.3 Å². The lowest BCUT2D eigenvalue weighted by Crippen LogP contribution is -2.35. The van der Waals surface area contributed by atoms with Crippen LogP contribution < -0.4 is 5.32 Å². The fourth-order valence-electron chi connectivity index (χ4n) is 3.64. The molecule has 1 saturated heterocycles. The summed E-state index contributed by atoms with van der Waals surface area (Å²) in [6, 6.07) is 12.9. The number of anilines is 2. The first-order chi connectivity index (χ1) is 15.2. The van der Waals surface area contributed by atoms with E-state index in [9.17, 15) is 4.39 Å². The summed E-state index contributed by atoms with van der Waals surface area (Å²) < 4.78 is 18.9. The van der Waals surface area contributed by atoms with Crippen molar-refractivity contribution in [3.05, 3.63) is 69.9 Å². The molecule has 158 valence electrons. The average Bonchev–Trinajstić information content (AvgIpc) is 3.25. The topological polar surface area (TPSA) is 50.3 Å². The lowest BCUT2D eigenvalue weighted by atomic mass is 10.1. The Morgan fingerprint density at radius 2 is 1.94 bits per heavy atom. The Balaban J connectivity index is 1.38. The number of morpholine rings is 1. The highest BCUT2D eigenvalue weighted by atomic mass is 35.5. The Kier molecular flexibility index (Phi) is 5.82. The number of benzene rings is 2. The van der Waals surface area contributed by atoms with Crippen LogP contribution in [0.25, 0.3) is 22.0 Å². The standard InChI is InChI=1S/C23H20ClFN4OS/c24-20-11-17(2-4-21(20)25)28-23-19-3-1-15(10-22(19)26-14-27-23)16-9-18(31-13-16)12-29-5-7-30-8-6-29/h1-4,9-11,13-14H,5-8,12H2,(H,26,27,28). The van der Waals surface area contributed by atoms with Gasteiger partial charge in [0.05, 0.1) is 23.8 Å². The minimum atomic E-state index is -0.451. The Morgan fingerprint density at radius 1 is 1.06 bits per heavy atom. The van der Waals surface area contributed by atoms with E-state index in [-0.39, 0.29) is 5.02 Å². The van der Waals surface area contributed by atoms with Crippen LogP contribution in [0.1, 0.15) is 4.88 Å². The Morgan fingerprint density at radius 3 is 2.77 bits per heavy atom. The van der Waals surface area contributed by atoms with Crippen LogP contribution in [0.3, 0.4) is 0 Å². The van der Waals surface area contributed by atoms with Gasteiger partial charge < -0.3 is 10.1 Å². The van der Waals surface area contributed by atoms with Gasteiger partial charge in [0.2, 0.25) is 0 Å². The van der Waals surface area contributed by atoms with Crippen molar-refractivity contribution in [3.63, 3.8) is 0 Å². The largest absolute Gasteiger partial charge is 0.379 e. The molecule has 0 aliphatic carbocycles. The van der Waals surface area contributed by atoms with Gasteiger partial charge in [0.15, 0.2) is 0 Å². The molecule has 1 aliphatic rings. The molecule has 1 aliphatic heterocycles. The monoisotopic (exact) mass is 454 g/mol. The zero-order valence-corrected chi connectivity index (χ0v) is 18.2. The number of hydrogen-bond donors (Lipinski definition) is 1. The first-order valence-electron chi connectivity index (χ1n) is 10.0. The van der Waals surface area contributed by atoms with Gasteiger partial charge >= 0.3 is 0 Å². The summed E-state index contributed by atoms with van der Waals surface area (Å²) in [5.41, 5.74) is 3.81. The molecule has 0 spiro atoms. The first-order valence-corrected chi connectivity index (χ1v) is 11.3. The third-order valence-electron chi connectivity index (χ3n) is 5.29. The Labute approximate surface area is 188 Å². The molecule has 5 rings (SSSR count). The van der Waals surface area contributed by atoms with E-state index in [0.29, 0.717) is 11.5 Å².